The molecule has 1 aromatic rings. The molecular formula is C13H21N3O4S. The molecule has 1 fully saturated rings. The Morgan fingerprint density at radius 1 is 1.52 bits per heavy atom. The maximum Gasteiger partial charge on any atom is 0.268 e. The predicted octanol–water partition coefficient (Wildman–Crippen LogP) is 0.231. The van der Waals surface area contributed by atoms with Crippen molar-refractivity contribution in [1.82, 2.24) is 14.6 Å². The van der Waals surface area contributed by atoms with E-state index in [-0.39, 0.29) is 22.9 Å². The third-order valence-corrected chi connectivity index (χ3v) is 5.05. The van der Waals surface area contributed by atoms with Crippen LogP contribution in [0.25, 0.3) is 0 Å². The number of carbonyl (C=O) groups excluding carboxylic acids is 1. The first-order valence-electron chi connectivity index (χ1n) is 6.87. The molecule has 0 saturated carbocycles. The quantitative estimate of drug-likeness (QED) is 0.814. The molecule has 1 saturated heterocycles. The van der Waals surface area contributed by atoms with Crippen LogP contribution in [0.5, 0.6) is 0 Å². The Bertz CT molecular complexity index is 617. The number of hydrogen-bond donors (Lipinski definition) is 2. The summed E-state index contributed by atoms with van der Waals surface area (Å²) >= 11 is 0. The van der Waals surface area contributed by atoms with Gasteiger partial charge in [0.2, 0.25) is 10.0 Å². The molecule has 7 nitrogen and oxygen atoms in total. The van der Waals surface area contributed by atoms with Crippen LogP contribution in [0.4, 0.5) is 0 Å². The van der Waals surface area contributed by atoms with Crippen LogP contribution in [-0.2, 0) is 21.8 Å². The molecule has 0 aromatic carbocycles. The van der Waals surface area contributed by atoms with Gasteiger partial charge in [-0.15, -0.1) is 0 Å². The van der Waals surface area contributed by atoms with Crippen molar-refractivity contribution in [3.8, 4) is 0 Å². The summed E-state index contributed by atoms with van der Waals surface area (Å²) in [6.07, 6.45) is 3.36. The van der Waals surface area contributed by atoms with Crippen LogP contribution in [0.1, 0.15) is 30.3 Å². The summed E-state index contributed by atoms with van der Waals surface area (Å²) in [6.45, 7) is 2.61. The lowest BCUT2D eigenvalue weighted by atomic mass is 10.1. The van der Waals surface area contributed by atoms with Crippen molar-refractivity contribution in [3.63, 3.8) is 0 Å². The first kappa shape index (κ1) is 16.0. The maximum atomic E-state index is 12.3. The van der Waals surface area contributed by atoms with Crippen LogP contribution >= 0.6 is 0 Å². The molecule has 1 aliphatic rings. The van der Waals surface area contributed by atoms with Gasteiger partial charge >= 0.3 is 0 Å². The summed E-state index contributed by atoms with van der Waals surface area (Å²) in [5.41, 5.74) is 0.300. The molecule has 2 unspecified atom stereocenters. The first-order valence-corrected chi connectivity index (χ1v) is 8.36. The Hall–Kier alpha value is -1.38. The molecule has 0 aliphatic carbocycles. The fourth-order valence-corrected chi connectivity index (χ4v) is 3.19. The molecule has 0 bridgehead atoms. The molecule has 21 heavy (non-hydrogen) atoms. The molecule has 0 spiro atoms. The molecule has 8 heteroatoms. The van der Waals surface area contributed by atoms with Crippen molar-refractivity contribution < 1.29 is 17.9 Å². The molecule has 118 valence electrons. The predicted molar refractivity (Wildman–Crippen MR) is 77.6 cm³/mol. The molecule has 2 heterocycles. The Labute approximate surface area is 124 Å². The summed E-state index contributed by atoms with van der Waals surface area (Å²) in [5, 5.41) is 2.86. The van der Waals surface area contributed by atoms with E-state index >= 15 is 0 Å². The highest BCUT2D eigenvalue weighted by Crippen LogP contribution is 2.17. The van der Waals surface area contributed by atoms with Gasteiger partial charge in [0, 0.05) is 19.9 Å². The number of nitrogens with zero attached hydrogens (tertiary/aromatic N) is 1. The average Bonchev–Trinajstić information content (AvgIpc) is 3.07. The molecule has 2 N–H and O–H groups in total. The van der Waals surface area contributed by atoms with Gasteiger partial charge in [0.1, 0.15) is 10.6 Å². The fourth-order valence-electron chi connectivity index (χ4n) is 2.40. The molecular weight excluding hydrogens is 294 g/mol. The Balaban J connectivity index is 2.12. The molecule has 2 atom stereocenters. The molecule has 2 rings (SSSR count). The standard InChI is InChI=1S/C13H21N3O4S/c1-9(12-5-4-6-20-12)15-13(17)11-7-10(8-16(11)3)21(18,19)14-2/h7-9,12,14H,4-6H2,1-3H3,(H,15,17). The van der Waals surface area contributed by atoms with Gasteiger partial charge in [0.05, 0.1) is 12.1 Å². The number of hydrogen-bond acceptors (Lipinski definition) is 4. The van der Waals surface area contributed by atoms with Crippen molar-refractivity contribution in [2.75, 3.05) is 13.7 Å². The van der Waals surface area contributed by atoms with Crippen LogP contribution in [-0.4, -0.2) is 44.7 Å². The fraction of sp³-hybridized carbons (Fsp3) is 0.615. The van der Waals surface area contributed by atoms with Crippen LogP contribution in [0.2, 0.25) is 0 Å². The van der Waals surface area contributed by atoms with E-state index in [4.69, 9.17) is 4.74 Å². The number of aryl methyl sites for hydroxylation is 1. The maximum absolute atomic E-state index is 12.3. The molecule has 1 aromatic heterocycles. The molecule has 1 aliphatic heterocycles. The number of amides is 1. The van der Waals surface area contributed by atoms with Crippen LogP contribution in [0, 0.1) is 0 Å². The summed E-state index contributed by atoms with van der Waals surface area (Å²) in [6, 6.07) is 1.25. The van der Waals surface area contributed by atoms with Crippen molar-refractivity contribution in [2.45, 2.75) is 36.8 Å². The van der Waals surface area contributed by atoms with E-state index in [9.17, 15) is 13.2 Å². The molecule has 0 radical (unpaired) electrons. The number of sulfonamides is 1. The van der Waals surface area contributed by atoms with E-state index in [1.807, 2.05) is 6.92 Å². The Kier molecular flexibility index (Phi) is 4.70. The van der Waals surface area contributed by atoms with Crippen LogP contribution in [0.3, 0.4) is 0 Å². The highest BCUT2D eigenvalue weighted by molar-refractivity contribution is 7.89. The summed E-state index contributed by atoms with van der Waals surface area (Å²) < 4.78 is 32.8. The number of nitrogens with one attached hydrogen (secondary N) is 2. The van der Waals surface area contributed by atoms with E-state index in [0.717, 1.165) is 19.4 Å². The van der Waals surface area contributed by atoms with Crippen LogP contribution in [0.15, 0.2) is 17.2 Å². The lowest BCUT2D eigenvalue weighted by molar-refractivity contribution is 0.0707. The van der Waals surface area contributed by atoms with Crippen molar-refractivity contribution in [2.24, 2.45) is 7.05 Å². The third kappa shape index (κ3) is 3.45. The second-order valence-corrected chi connectivity index (χ2v) is 7.08. The van der Waals surface area contributed by atoms with Gasteiger partial charge < -0.3 is 14.6 Å². The minimum absolute atomic E-state index is 0.0229. The summed E-state index contributed by atoms with van der Waals surface area (Å²) in [4.78, 5) is 12.3. The number of carbonyl (C=O) groups is 1. The minimum Gasteiger partial charge on any atom is -0.376 e. The lowest BCUT2D eigenvalue weighted by Gasteiger charge is -2.20. The largest absolute Gasteiger partial charge is 0.376 e. The Morgan fingerprint density at radius 3 is 2.81 bits per heavy atom. The van der Waals surface area contributed by atoms with E-state index in [2.05, 4.69) is 10.0 Å². The lowest BCUT2D eigenvalue weighted by Crippen LogP contribution is -2.41. The van der Waals surface area contributed by atoms with Gasteiger partial charge in [0.25, 0.3) is 5.91 Å². The normalized spacial score (nSPS) is 20.4. The van der Waals surface area contributed by atoms with Crippen molar-refractivity contribution in [3.05, 3.63) is 18.0 Å². The topological polar surface area (TPSA) is 89.4 Å². The monoisotopic (exact) mass is 315 g/mol. The second kappa shape index (κ2) is 6.17. The van der Waals surface area contributed by atoms with Gasteiger partial charge in [-0.2, -0.15) is 0 Å². The van der Waals surface area contributed by atoms with E-state index in [1.54, 1.807) is 7.05 Å². The highest BCUT2D eigenvalue weighted by atomic mass is 32.2. The zero-order valence-electron chi connectivity index (χ0n) is 12.4. The zero-order valence-corrected chi connectivity index (χ0v) is 13.2. The minimum atomic E-state index is -3.55. The van der Waals surface area contributed by atoms with Gasteiger partial charge in [-0.25, -0.2) is 13.1 Å². The third-order valence-electron chi connectivity index (χ3n) is 3.67. The average molecular weight is 315 g/mol. The smallest absolute Gasteiger partial charge is 0.268 e. The van der Waals surface area contributed by atoms with E-state index in [1.165, 1.54) is 23.9 Å². The Morgan fingerprint density at radius 2 is 2.24 bits per heavy atom. The van der Waals surface area contributed by atoms with Gasteiger partial charge in [0.15, 0.2) is 0 Å². The van der Waals surface area contributed by atoms with Gasteiger partial charge in [-0.05, 0) is 32.9 Å². The van der Waals surface area contributed by atoms with E-state index in [0.29, 0.717) is 5.69 Å². The number of rotatable bonds is 5. The number of aromatic nitrogens is 1. The summed E-state index contributed by atoms with van der Waals surface area (Å²) in [7, 11) is -0.579. The highest BCUT2D eigenvalue weighted by Gasteiger charge is 2.25. The second-order valence-electron chi connectivity index (χ2n) is 5.19. The van der Waals surface area contributed by atoms with Crippen molar-refractivity contribution >= 4 is 15.9 Å². The molecule has 1 amide bonds. The number of ether oxygens (including phenoxy) is 1. The van der Waals surface area contributed by atoms with Crippen LogP contribution < -0.4 is 10.0 Å². The van der Waals surface area contributed by atoms with E-state index < -0.39 is 10.0 Å². The van der Waals surface area contributed by atoms with Gasteiger partial charge in [-0.1, -0.05) is 0 Å². The zero-order chi connectivity index (χ0) is 15.6. The summed E-state index contributed by atoms with van der Waals surface area (Å²) in [5.74, 6) is -0.307. The van der Waals surface area contributed by atoms with Crippen molar-refractivity contribution in [1.29, 1.82) is 0 Å². The first-order chi connectivity index (χ1) is 9.85. The SMILES string of the molecule is CNS(=O)(=O)c1cc(C(=O)NC(C)C2CCCO2)n(C)c1. The van der Waals surface area contributed by atoms with Gasteiger partial charge in [-0.3, -0.25) is 4.79 Å².